The van der Waals surface area contributed by atoms with E-state index in [-0.39, 0.29) is 19.4 Å². The highest BCUT2D eigenvalue weighted by atomic mass is 19.4. The third-order valence-electron chi connectivity index (χ3n) is 4.67. The molecule has 2 aromatic rings. The highest BCUT2D eigenvalue weighted by Gasteiger charge is 2.30. The van der Waals surface area contributed by atoms with Crippen molar-refractivity contribution in [2.75, 3.05) is 13.3 Å². The first-order chi connectivity index (χ1) is 15.5. The Kier molecular flexibility index (Phi) is 9.18. The maximum absolute atomic E-state index is 12.7. The molecule has 5 N–H and O–H groups in total. The van der Waals surface area contributed by atoms with E-state index in [4.69, 9.17) is 15.6 Å². The number of aliphatic carboxylic acids is 1. The Morgan fingerprint density at radius 3 is 2.06 bits per heavy atom. The molecule has 3 atom stereocenters. The van der Waals surface area contributed by atoms with Crippen LogP contribution in [0.4, 0.5) is 17.6 Å². The number of ether oxygens (including phenoxy) is 1. The van der Waals surface area contributed by atoms with Gasteiger partial charge < -0.3 is 26.0 Å². The number of nitrogens with two attached hydrogens (primary N) is 1. The molecule has 0 spiro atoms. The first-order valence-corrected chi connectivity index (χ1v) is 9.90. The molecule has 180 valence electrons. The summed E-state index contributed by atoms with van der Waals surface area (Å²) in [5.74, 6) is -1.71. The Bertz CT molecular complexity index is 920. The molecule has 7 nitrogen and oxygen atoms in total. The van der Waals surface area contributed by atoms with Crippen LogP contribution in [0.3, 0.4) is 0 Å². The number of benzene rings is 2. The Morgan fingerprint density at radius 2 is 1.55 bits per heavy atom. The topological polar surface area (TPSA) is 122 Å². The average molecular weight is 472 g/mol. The smallest absolute Gasteiger partial charge is 0.416 e. The van der Waals surface area contributed by atoms with Crippen LogP contribution in [0.1, 0.15) is 16.7 Å². The number of aliphatic hydroxyl groups excluding tert-OH is 1. The van der Waals surface area contributed by atoms with Crippen molar-refractivity contribution in [2.24, 2.45) is 5.73 Å². The minimum Gasteiger partial charge on any atom is -0.491 e. The molecule has 0 aromatic heterocycles. The van der Waals surface area contributed by atoms with Crippen LogP contribution in [0.15, 0.2) is 48.5 Å². The van der Waals surface area contributed by atoms with Crippen molar-refractivity contribution in [3.05, 3.63) is 65.2 Å². The highest BCUT2D eigenvalue weighted by Crippen LogP contribution is 2.29. The number of alkyl halides is 4. The van der Waals surface area contributed by atoms with Crippen LogP contribution in [0, 0.1) is 0 Å². The zero-order chi connectivity index (χ0) is 24.6. The van der Waals surface area contributed by atoms with Gasteiger partial charge in [0.2, 0.25) is 5.91 Å². The van der Waals surface area contributed by atoms with Crippen molar-refractivity contribution in [3.8, 4) is 5.75 Å². The fourth-order valence-electron chi connectivity index (χ4n) is 2.85. The number of hydrogen-bond donors (Lipinski definition) is 4. The molecule has 2 aromatic carbocycles. The molecule has 0 saturated carbocycles. The number of halogens is 4. The molecule has 2 unspecified atom stereocenters. The third-order valence-corrected chi connectivity index (χ3v) is 4.67. The van der Waals surface area contributed by atoms with Crippen LogP contribution in [0.5, 0.6) is 5.75 Å². The first kappa shape index (κ1) is 26.1. The van der Waals surface area contributed by atoms with Crippen molar-refractivity contribution in [3.63, 3.8) is 0 Å². The van der Waals surface area contributed by atoms with Gasteiger partial charge in [-0.3, -0.25) is 4.79 Å². The van der Waals surface area contributed by atoms with Gasteiger partial charge >= 0.3 is 12.1 Å². The van der Waals surface area contributed by atoms with E-state index in [9.17, 15) is 32.3 Å². The highest BCUT2D eigenvalue weighted by molar-refractivity contribution is 5.87. The van der Waals surface area contributed by atoms with Crippen molar-refractivity contribution in [2.45, 2.75) is 37.2 Å². The monoisotopic (exact) mass is 472 g/mol. The number of rotatable bonds is 11. The standard InChI is InChI=1S/C22H24F4N2O5/c23-11-16(29)12-33-17-7-3-13(4-8-17)9-18(27)20(30)28-19(21(31)32)10-14-1-5-15(6-2-14)22(24,25)26/h1-8,16,18-19,29H,9-12,27H2,(H,28,30)(H,31,32)/t16?,18-,19?/m0/s1. The molecule has 11 heteroatoms. The van der Waals surface area contributed by atoms with Crippen molar-refractivity contribution in [1.82, 2.24) is 5.32 Å². The van der Waals surface area contributed by atoms with Gasteiger partial charge in [-0.2, -0.15) is 13.2 Å². The second-order valence-electron chi connectivity index (χ2n) is 7.37. The molecule has 0 aliphatic rings. The average Bonchev–Trinajstić information content (AvgIpc) is 2.77. The minimum atomic E-state index is -4.51. The van der Waals surface area contributed by atoms with E-state index >= 15 is 0 Å². The zero-order valence-corrected chi connectivity index (χ0v) is 17.4. The van der Waals surface area contributed by atoms with Crippen molar-refractivity contribution < 1.29 is 42.1 Å². The van der Waals surface area contributed by atoms with Gasteiger partial charge in [-0.05, 0) is 41.8 Å². The van der Waals surface area contributed by atoms with Gasteiger partial charge in [0.1, 0.15) is 31.2 Å². The van der Waals surface area contributed by atoms with Gasteiger partial charge in [-0.15, -0.1) is 0 Å². The summed E-state index contributed by atoms with van der Waals surface area (Å²) in [6.07, 6.45) is -5.88. The van der Waals surface area contributed by atoms with E-state index in [1.54, 1.807) is 24.3 Å². The summed E-state index contributed by atoms with van der Waals surface area (Å²) in [4.78, 5) is 23.9. The minimum absolute atomic E-state index is 0.0752. The van der Waals surface area contributed by atoms with E-state index in [2.05, 4.69) is 5.32 Å². The van der Waals surface area contributed by atoms with E-state index in [0.717, 1.165) is 24.3 Å². The lowest BCUT2D eigenvalue weighted by atomic mass is 10.0. The van der Waals surface area contributed by atoms with Crippen LogP contribution >= 0.6 is 0 Å². The largest absolute Gasteiger partial charge is 0.491 e. The predicted octanol–water partition coefficient (Wildman–Crippen LogP) is 2.10. The summed E-state index contributed by atoms with van der Waals surface area (Å²) in [7, 11) is 0. The fraction of sp³-hybridized carbons (Fsp3) is 0.364. The van der Waals surface area contributed by atoms with E-state index in [1.165, 1.54) is 0 Å². The summed E-state index contributed by atoms with van der Waals surface area (Å²) in [5, 5.41) is 20.8. The molecule has 1 amide bonds. The quantitative estimate of drug-likeness (QED) is 0.372. The normalized spacial score (nSPS) is 14.2. The van der Waals surface area contributed by atoms with Gasteiger partial charge in [0.05, 0.1) is 11.6 Å². The first-order valence-electron chi connectivity index (χ1n) is 9.90. The van der Waals surface area contributed by atoms with Gasteiger partial charge in [-0.25, -0.2) is 9.18 Å². The Labute approximate surface area is 187 Å². The number of amides is 1. The molecular formula is C22H24F4N2O5. The number of carbonyl (C=O) groups excluding carboxylic acids is 1. The number of carboxylic acids is 1. The lowest BCUT2D eigenvalue weighted by Crippen LogP contribution is -2.50. The summed E-state index contributed by atoms with van der Waals surface area (Å²) >= 11 is 0. The van der Waals surface area contributed by atoms with Crippen LogP contribution in [0.25, 0.3) is 0 Å². The molecular weight excluding hydrogens is 448 g/mol. The molecule has 0 aliphatic heterocycles. The number of aliphatic hydroxyl groups is 1. The summed E-state index contributed by atoms with van der Waals surface area (Å²) in [5.41, 5.74) is 5.96. The predicted molar refractivity (Wildman–Crippen MR) is 110 cm³/mol. The molecule has 0 aliphatic carbocycles. The Morgan fingerprint density at radius 1 is 1.00 bits per heavy atom. The van der Waals surface area contributed by atoms with Crippen molar-refractivity contribution in [1.29, 1.82) is 0 Å². The maximum Gasteiger partial charge on any atom is 0.416 e. The summed E-state index contributed by atoms with van der Waals surface area (Å²) < 4.78 is 55.4. The molecule has 33 heavy (non-hydrogen) atoms. The number of nitrogens with one attached hydrogen (secondary N) is 1. The Hall–Kier alpha value is -3.18. The SMILES string of the molecule is N[C@@H](Cc1ccc(OCC(O)CF)cc1)C(=O)NC(Cc1ccc(C(F)(F)F)cc1)C(=O)O. The number of carbonyl (C=O) groups is 2. The van der Waals surface area contributed by atoms with Crippen LogP contribution in [-0.4, -0.2) is 53.6 Å². The zero-order valence-electron chi connectivity index (χ0n) is 17.4. The molecule has 0 bridgehead atoms. The van der Waals surface area contributed by atoms with Crippen LogP contribution < -0.4 is 15.8 Å². The van der Waals surface area contributed by atoms with E-state index < -0.39 is 48.5 Å². The van der Waals surface area contributed by atoms with Gasteiger partial charge in [-0.1, -0.05) is 24.3 Å². The molecule has 0 radical (unpaired) electrons. The lowest BCUT2D eigenvalue weighted by molar-refractivity contribution is -0.142. The molecule has 2 rings (SSSR count). The number of carboxylic acid groups (broad SMARTS) is 1. The van der Waals surface area contributed by atoms with Crippen LogP contribution in [-0.2, 0) is 28.6 Å². The fourth-order valence-corrected chi connectivity index (χ4v) is 2.85. The van der Waals surface area contributed by atoms with Gasteiger partial charge in [0.25, 0.3) is 0 Å². The van der Waals surface area contributed by atoms with Gasteiger partial charge in [0, 0.05) is 6.42 Å². The van der Waals surface area contributed by atoms with Crippen LogP contribution in [0.2, 0.25) is 0 Å². The van der Waals surface area contributed by atoms with E-state index in [0.29, 0.717) is 16.9 Å². The molecule has 0 saturated heterocycles. The number of hydrogen-bond acceptors (Lipinski definition) is 5. The van der Waals surface area contributed by atoms with Gasteiger partial charge in [0.15, 0.2) is 0 Å². The van der Waals surface area contributed by atoms with Crippen molar-refractivity contribution >= 4 is 11.9 Å². The summed E-state index contributed by atoms with van der Waals surface area (Å²) in [6, 6.07) is 7.86. The molecule has 0 heterocycles. The third kappa shape index (κ3) is 8.35. The second kappa shape index (κ2) is 11.6. The lowest BCUT2D eigenvalue weighted by Gasteiger charge is -2.18. The van der Waals surface area contributed by atoms with E-state index in [1.807, 2.05) is 0 Å². The molecule has 0 fully saturated rings. The summed E-state index contributed by atoms with van der Waals surface area (Å²) in [6.45, 7) is -1.15. The second-order valence-corrected chi connectivity index (χ2v) is 7.37. The maximum atomic E-state index is 12.7. The Balaban J connectivity index is 1.93.